The fraction of sp³-hybridized carbons (Fsp3) is 0.667. The number of aromatic nitrogens is 1. The molecule has 1 aliphatic heterocycles. The van der Waals surface area contributed by atoms with Crippen molar-refractivity contribution >= 4 is 5.82 Å². The number of anilines is 1. The van der Waals surface area contributed by atoms with E-state index in [4.69, 9.17) is 5.11 Å². The molecule has 0 aliphatic carbocycles. The third-order valence-electron chi connectivity index (χ3n) is 3.91. The summed E-state index contributed by atoms with van der Waals surface area (Å²) in [6.07, 6.45) is 5.30. The minimum absolute atomic E-state index is 0.325. The summed E-state index contributed by atoms with van der Waals surface area (Å²) in [5, 5.41) is 8.96. The number of hydrogen-bond donors (Lipinski definition) is 1. The van der Waals surface area contributed by atoms with Crippen LogP contribution in [0.2, 0.25) is 0 Å². The average Bonchev–Trinajstić information content (AvgIpc) is 2.40. The first-order valence-corrected chi connectivity index (χ1v) is 7.02. The summed E-state index contributed by atoms with van der Waals surface area (Å²) in [6, 6.07) is 4.33. The molecule has 0 unspecified atom stereocenters. The maximum atomic E-state index is 8.96. The van der Waals surface area contributed by atoms with Crippen LogP contribution in [0.3, 0.4) is 0 Å². The number of aliphatic hydroxyl groups excluding tert-OH is 1. The summed E-state index contributed by atoms with van der Waals surface area (Å²) in [6.45, 7) is 6.84. The Kier molecular flexibility index (Phi) is 4.59. The fourth-order valence-electron chi connectivity index (χ4n) is 2.56. The van der Waals surface area contributed by atoms with Gasteiger partial charge in [0, 0.05) is 25.9 Å². The van der Waals surface area contributed by atoms with Gasteiger partial charge in [-0.05, 0) is 42.7 Å². The summed E-state index contributed by atoms with van der Waals surface area (Å²) >= 11 is 0. The van der Waals surface area contributed by atoms with E-state index in [1.54, 1.807) is 0 Å². The van der Waals surface area contributed by atoms with Gasteiger partial charge in [-0.15, -0.1) is 0 Å². The van der Waals surface area contributed by atoms with Crippen LogP contribution in [0.5, 0.6) is 0 Å². The van der Waals surface area contributed by atoms with Gasteiger partial charge in [0.15, 0.2) is 0 Å². The average molecular weight is 248 g/mol. The molecule has 1 aromatic heterocycles. The molecule has 0 spiro atoms. The van der Waals surface area contributed by atoms with E-state index >= 15 is 0 Å². The zero-order chi connectivity index (χ0) is 13.0. The minimum atomic E-state index is 0.325. The van der Waals surface area contributed by atoms with Crippen LogP contribution in [-0.4, -0.2) is 29.8 Å². The molecule has 100 valence electrons. The summed E-state index contributed by atoms with van der Waals surface area (Å²) in [5.41, 5.74) is 1.30. The van der Waals surface area contributed by atoms with Crippen molar-refractivity contribution in [2.45, 2.75) is 39.0 Å². The smallest absolute Gasteiger partial charge is 0.128 e. The molecule has 2 rings (SSSR count). The maximum Gasteiger partial charge on any atom is 0.128 e. The van der Waals surface area contributed by atoms with Crippen LogP contribution in [0.4, 0.5) is 5.82 Å². The second-order valence-electron chi connectivity index (χ2n) is 5.55. The van der Waals surface area contributed by atoms with Crippen molar-refractivity contribution in [3.8, 4) is 0 Å². The van der Waals surface area contributed by atoms with E-state index in [-0.39, 0.29) is 0 Å². The molecule has 0 bridgehead atoms. The molecule has 1 aliphatic rings. The highest BCUT2D eigenvalue weighted by Gasteiger charge is 2.19. The lowest BCUT2D eigenvalue weighted by Gasteiger charge is -2.32. The summed E-state index contributed by atoms with van der Waals surface area (Å²) in [4.78, 5) is 6.93. The van der Waals surface area contributed by atoms with Gasteiger partial charge in [0.1, 0.15) is 5.82 Å². The molecule has 3 nitrogen and oxygen atoms in total. The first kappa shape index (κ1) is 13.3. The number of aliphatic hydroxyl groups is 1. The molecule has 0 aromatic carbocycles. The fourth-order valence-corrected chi connectivity index (χ4v) is 2.56. The van der Waals surface area contributed by atoms with Crippen molar-refractivity contribution < 1.29 is 5.11 Å². The third kappa shape index (κ3) is 3.22. The Morgan fingerprint density at radius 2 is 2.06 bits per heavy atom. The zero-order valence-electron chi connectivity index (χ0n) is 11.5. The number of nitrogens with zero attached hydrogens (tertiary/aromatic N) is 2. The van der Waals surface area contributed by atoms with E-state index in [1.165, 1.54) is 18.4 Å². The molecule has 1 N–H and O–H groups in total. The van der Waals surface area contributed by atoms with E-state index in [0.29, 0.717) is 18.4 Å². The van der Waals surface area contributed by atoms with Gasteiger partial charge in [0.05, 0.1) is 0 Å². The van der Waals surface area contributed by atoms with Crippen LogP contribution in [0.15, 0.2) is 18.3 Å². The Labute approximate surface area is 110 Å². The molecule has 0 radical (unpaired) electrons. The normalized spacial score (nSPS) is 17.4. The maximum absolute atomic E-state index is 8.96. The van der Waals surface area contributed by atoms with Crippen molar-refractivity contribution in [2.75, 3.05) is 24.6 Å². The van der Waals surface area contributed by atoms with Crippen LogP contribution >= 0.6 is 0 Å². The van der Waals surface area contributed by atoms with Crippen LogP contribution < -0.4 is 4.90 Å². The molecular weight excluding hydrogens is 224 g/mol. The molecule has 0 atom stereocenters. The van der Waals surface area contributed by atoms with Crippen molar-refractivity contribution in [1.82, 2.24) is 4.98 Å². The lowest BCUT2D eigenvalue weighted by Crippen LogP contribution is -2.34. The van der Waals surface area contributed by atoms with Crippen LogP contribution in [0.1, 0.15) is 44.6 Å². The van der Waals surface area contributed by atoms with Crippen molar-refractivity contribution in [3.05, 3.63) is 23.9 Å². The number of piperidine rings is 1. The highest BCUT2D eigenvalue weighted by atomic mass is 16.3. The van der Waals surface area contributed by atoms with Crippen LogP contribution in [0, 0.1) is 5.92 Å². The van der Waals surface area contributed by atoms with Gasteiger partial charge in [0.25, 0.3) is 0 Å². The molecule has 1 saturated heterocycles. The lowest BCUT2D eigenvalue weighted by molar-refractivity contribution is 0.240. The highest BCUT2D eigenvalue weighted by molar-refractivity contribution is 5.40. The second kappa shape index (κ2) is 6.19. The number of hydrogen-bond acceptors (Lipinski definition) is 3. The number of pyridine rings is 1. The Bertz CT molecular complexity index is 353. The molecule has 0 saturated carbocycles. The van der Waals surface area contributed by atoms with Crippen molar-refractivity contribution in [3.63, 3.8) is 0 Å². The predicted molar refractivity (Wildman–Crippen MR) is 75.0 cm³/mol. The van der Waals surface area contributed by atoms with Gasteiger partial charge >= 0.3 is 0 Å². The quantitative estimate of drug-likeness (QED) is 0.890. The monoisotopic (exact) mass is 248 g/mol. The molecule has 18 heavy (non-hydrogen) atoms. The van der Waals surface area contributed by atoms with E-state index in [0.717, 1.165) is 25.3 Å². The summed E-state index contributed by atoms with van der Waals surface area (Å²) < 4.78 is 0. The van der Waals surface area contributed by atoms with Gasteiger partial charge < -0.3 is 10.0 Å². The van der Waals surface area contributed by atoms with E-state index in [2.05, 4.69) is 35.9 Å². The number of rotatable bonds is 4. The van der Waals surface area contributed by atoms with Crippen LogP contribution in [-0.2, 0) is 0 Å². The van der Waals surface area contributed by atoms with E-state index < -0.39 is 0 Å². The topological polar surface area (TPSA) is 36.4 Å². The van der Waals surface area contributed by atoms with Crippen LogP contribution in [0.25, 0.3) is 0 Å². The van der Waals surface area contributed by atoms with Gasteiger partial charge in [-0.2, -0.15) is 0 Å². The third-order valence-corrected chi connectivity index (χ3v) is 3.91. The SMILES string of the molecule is CC(C)c1ccc(N2CCC(CCO)CC2)nc1. The lowest BCUT2D eigenvalue weighted by atomic mass is 9.94. The first-order valence-electron chi connectivity index (χ1n) is 7.02. The standard InChI is InChI=1S/C15H24N2O/c1-12(2)14-3-4-15(16-11-14)17-8-5-13(6-9-17)7-10-18/h3-4,11-13,18H,5-10H2,1-2H3. The van der Waals surface area contributed by atoms with Gasteiger partial charge in [-0.25, -0.2) is 4.98 Å². The van der Waals surface area contributed by atoms with Gasteiger partial charge in [0.2, 0.25) is 0 Å². The van der Waals surface area contributed by atoms with Gasteiger partial charge in [-0.1, -0.05) is 19.9 Å². The summed E-state index contributed by atoms with van der Waals surface area (Å²) in [7, 11) is 0. The molecule has 2 heterocycles. The Balaban J connectivity index is 1.93. The largest absolute Gasteiger partial charge is 0.396 e. The predicted octanol–water partition coefficient (Wildman–Crippen LogP) is 2.80. The first-order chi connectivity index (χ1) is 8.70. The molecule has 3 heteroatoms. The zero-order valence-corrected chi connectivity index (χ0v) is 11.5. The second-order valence-corrected chi connectivity index (χ2v) is 5.55. The van der Waals surface area contributed by atoms with Crippen molar-refractivity contribution in [1.29, 1.82) is 0 Å². The van der Waals surface area contributed by atoms with E-state index in [9.17, 15) is 0 Å². The Morgan fingerprint density at radius 1 is 1.33 bits per heavy atom. The highest BCUT2D eigenvalue weighted by Crippen LogP contribution is 2.24. The van der Waals surface area contributed by atoms with Gasteiger partial charge in [-0.3, -0.25) is 0 Å². The molecule has 0 amide bonds. The Hall–Kier alpha value is -1.09. The minimum Gasteiger partial charge on any atom is -0.396 e. The molecular formula is C15H24N2O. The van der Waals surface area contributed by atoms with Crippen molar-refractivity contribution in [2.24, 2.45) is 5.92 Å². The molecule has 1 fully saturated rings. The summed E-state index contributed by atoms with van der Waals surface area (Å²) in [5.74, 6) is 2.34. The van der Waals surface area contributed by atoms with E-state index in [1.807, 2.05) is 6.20 Å². The molecule has 1 aromatic rings. The Morgan fingerprint density at radius 3 is 2.56 bits per heavy atom.